The number of nitrogens with zero attached hydrogens (tertiary/aromatic N) is 2. The number of ether oxygens (including phenoxy) is 1. The number of rotatable bonds is 9. The minimum atomic E-state index is 0.239. The second kappa shape index (κ2) is 8.92. The summed E-state index contributed by atoms with van der Waals surface area (Å²) >= 11 is 0. The molecule has 1 aliphatic rings. The van der Waals surface area contributed by atoms with Crippen LogP contribution in [-0.2, 0) is 11.2 Å². The first-order chi connectivity index (χ1) is 11.2. The van der Waals surface area contributed by atoms with Crippen molar-refractivity contribution in [3.05, 3.63) is 23.8 Å². The van der Waals surface area contributed by atoms with Gasteiger partial charge in [-0.05, 0) is 57.5 Å². The van der Waals surface area contributed by atoms with Crippen LogP contribution in [0.25, 0.3) is 0 Å². The number of hydrogen-bond acceptors (Lipinski definition) is 3. The van der Waals surface area contributed by atoms with Gasteiger partial charge in [0.1, 0.15) is 5.75 Å². The van der Waals surface area contributed by atoms with Crippen LogP contribution < -0.4 is 9.64 Å². The molecule has 0 aliphatic carbocycles. The Kier molecular flexibility index (Phi) is 6.90. The zero-order valence-corrected chi connectivity index (χ0v) is 14.8. The van der Waals surface area contributed by atoms with E-state index in [1.54, 1.807) is 7.11 Å². The van der Waals surface area contributed by atoms with Gasteiger partial charge in [-0.3, -0.25) is 4.79 Å². The van der Waals surface area contributed by atoms with Crippen molar-refractivity contribution in [1.29, 1.82) is 0 Å². The summed E-state index contributed by atoms with van der Waals surface area (Å²) in [5, 5.41) is 0. The van der Waals surface area contributed by atoms with Crippen LogP contribution in [0.1, 0.15) is 45.1 Å². The molecule has 0 N–H and O–H groups in total. The van der Waals surface area contributed by atoms with Crippen molar-refractivity contribution in [1.82, 2.24) is 4.90 Å². The third kappa shape index (κ3) is 4.47. The first-order valence-corrected chi connectivity index (χ1v) is 8.89. The second-order valence-electron chi connectivity index (χ2n) is 6.20. The molecule has 4 heteroatoms. The molecule has 0 atom stereocenters. The Morgan fingerprint density at radius 3 is 2.52 bits per heavy atom. The predicted octanol–water partition coefficient (Wildman–Crippen LogP) is 3.49. The number of fused-ring (bicyclic) bond motifs is 1. The van der Waals surface area contributed by atoms with Gasteiger partial charge in [-0.1, -0.05) is 19.9 Å². The lowest BCUT2D eigenvalue weighted by Gasteiger charge is -2.31. The molecular weight excluding hydrogens is 288 g/mol. The van der Waals surface area contributed by atoms with Gasteiger partial charge < -0.3 is 14.5 Å². The van der Waals surface area contributed by atoms with E-state index in [1.165, 1.54) is 18.4 Å². The molecule has 1 amide bonds. The number of methoxy groups -OCH3 is 1. The molecule has 0 spiro atoms. The molecule has 0 radical (unpaired) electrons. The van der Waals surface area contributed by atoms with E-state index in [4.69, 9.17) is 4.74 Å². The van der Waals surface area contributed by atoms with Crippen molar-refractivity contribution in [2.24, 2.45) is 0 Å². The van der Waals surface area contributed by atoms with Crippen molar-refractivity contribution < 1.29 is 9.53 Å². The normalized spacial score (nSPS) is 14.3. The predicted molar refractivity (Wildman–Crippen MR) is 95.3 cm³/mol. The van der Waals surface area contributed by atoms with Gasteiger partial charge in [0.05, 0.1) is 12.8 Å². The standard InChI is InChI=1S/C19H30N2O2/c1-4-12-20(13-5-2)14-7-15-21-17-8-6-9-18(23-3)16(17)10-11-19(21)22/h6,8-9H,4-5,7,10-15H2,1-3H3. The highest BCUT2D eigenvalue weighted by molar-refractivity contribution is 5.96. The highest BCUT2D eigenvalue weighted by atomic mass is 16.5. The Morgan fingerprint density at radius 2 is 1.87 bits per heavy atom. The van der Waals surface area contributed by atoms with Gasteiger partial charge in [0.25, 0.3) is 0 Å². The molecule has 0 saturated heterocycles. The minimum Gasteiger partial charge on any atom is -0.496 e. The molecule has 0 aromatic heterocycles. The van der Waals surface area contributed by atoms with E-state index < -0.39 is 0 Å². The molecule has 4 nitrogen and oxygen atoms in total. The highest BCUT2D eigenvalue weighted by Gasteiger charge is 2.25. The minimum absolute atomic E-state index is 0.239. The van der Waals surface area contributed by atoms with Crippen molar-refractivity contribution >= 4 is 11.6 Å². The fourth-order valence-electron chi connectivity index (χ4n) is 3.42. The molecule has 23 heavy (non-hydrogen) atoms. The van der Waals surface area contributed by atoms with Crippen LogP contribution in [0.15, 0.2) is 18.2 Å². The molecule has 128 valence electrons. The smallest absolute Gasteiger partial charge is 0.227 e. The Balaban J connectivity index is 2.01. The van der Waals surface area contributed by atoms with Gasteiger partial charge in [-0.2, -0.15) is 0 Å². The Labute approximate surface area is 140 Å². The van der Waals surface area contributed by atoms with E-state index in [-0.39, 0.29) is 5.91 Å². The average Bonchev–Trinajstić information content (AvgIpc) is 2.56. The van der Waals surface area contributed by atoms with Gasteiger partial charge in [0, 0.05) is 18.5 Å². The third-order valence-corrected chi connectivity index (χ3v) is 4.44. The number of amides is 1. The van der Waals surface area contributed by atoms with Gasteiger partial charge in [0.15, 0.2) is 0 Å². The number of carbonyl (C=O) groups is 1. The fourth-order valence-corrected chi connectivity index (χ4v) is 3.42. The van der Waals surface area contributed by atoms with Crippen LogP contribution in [0, 0.1) is 0 Å². The number of anilines is 1. The molecule has 1 heterocycles. The molecule has 1 aromatic carbocycles. The number of carbonyl (C=O) groups excluding carboxylic acids is 1. The Morgan fingerprint density at radius 1 is 1.13 bits per heavy atom. The topological polar surface area (TPSA) is 32.8 Å². The second-order valence-corrected chi connectivity index (χ2v) is 6.20. The molecule has 0 unspecified atom stereocenters. The maximum Gasteiger partial charge on any atom is 0.227 e. The summed E-state index contributed by atoms with van der Waals surface area (Å²) in [4.78, 5) is 16.8. The summed E-state index contributed by atoms with van der Waals surface area (Å²) in [6.45, 7) is 8.59. The molecule has 0 bridgehead atoms. The molecule has 0 saturated carbocycles. The van der Waals surface area contributed by atoms with Crippen LogP contribution in [0.4, 0.5) is 5.69 Å². The van der Waals surface area contributed by atoms with E-state index in [2.05, 4.69) is 18.7 Å². The largest absolute Gasteiger partial charge is 0.496 e. The molecule has 0 fully saturated rings. The summed E-state index contributed by atoms with van der Waals surface area (Å²) in [5.74, 6) is 1.14. The zero-order chi connectivity index (χ0) is 16.7. The van der Waals surface area contributed by atoms with Crippen LogP contribution in [0.3, 0.4) is 0 Å². The van der Waals surface area contributed by atoms with E-state index >= 15 is 0 Å². The van der Waals surface area contributed by atoms with E-state index in [0.717, 1.165) is 50.5 Å². The molecular formula is C19H30N2O2. The molecule has 1 aromatic rings. The summed E-state index contributed by atoms with van der Waals surface area (Å²) < 4.78 is 5.46. The van der Waals surface area contributed by atoms with Crippen LogP contribution in [0.2, 0.25) is 0 Å². The maximum absolute atomic E-state index is 12.4. The lowest BCUT2D eigenvalue weighted by atomic mass is 10.00. The number of benzene rings is 1. The Bertz CT molecular complexity index is 510. The summed E-state index contributed by atoms with van der Waals surface area (Å²) in [6.07, 6.45) is 4.75. The van der Waals surface area contributed by atoms with Crippen LogP contribution in [-0.4, -0.2) is 44.1 Å². The summed E-state index contributed by atoms with van der Waals surface area (Å²) in [6, 6.07) is 6.01. The summed E-state index contributed by atoms with van der Waals surface area (Å²) in [7, 11) is 1.70. The van der Waals surface area contributed by atoms with E-state index in [1.807, 2.05) is 23.1 Å². The van der Waals surface area contributed by atoms with Gasteiger partial charge >= 0.3 is 0 Å². The quantitative estimate of drug-likeness (QED) is 0.699. The third-order valence-electron chi connectivity index (χ3n) is 4.44. The lowest BCUT2D eigenvalue weighted by Crippen LogP contribution is -2.38. The number of hydrogen-bond donors (Lipinski definition) is 0. The van der Waals surface area contributed by atoms with Crippen molar-refractivity contribution in [2.75, 3.05) is 38.2 Å². The lowest BCUT2D eigenvalue weighted by molar-refractivity contribution is -0.118. The monoisotopic (exact) mass is 318 g/mol. The van der Waals surface area contributed by atoms with E-state index in [9.17, 15) is 4.79 Å². The van der Waals surface area contributed by atoms with E-state index in [0.29, 0.717) is 6.42 Å². The maximum atomic E-state index is 12.4. The summed E-state index contributed by atoms with van der Waals surface area (Å²) in [5.41, 5.74) is 2.21. The van der Waals surface area contributed by atoms with Gasteiger partial charge in [-0.15, -0.1) is 0 Å². The molecule has 2 rings (SSSR count). The highest BCUT2D eigenvalue weighted by Crippen LogP contribution is 2.34. The van der Waals surface area contributed by atoms with Crippen LogP contribution in [0.5, 0.6) is 5.75 Å². The van der Waals surface area contributed by atoms with Crippen molar-refractivity contribution in [3.63, 3.8) is 0 Å². The SMILES string of the molecule is CCCN(CCC)CCCN1C(=O)CCc2c(OC)cccc21. The van der Waals surface area contributed by atoms with Gasteiger partial charge in [0.2, 0.25) is 5.91 Å². The first-order valence-electron chi connectivity index (χ1n) is 8.89. The average molecular weight is 318 g/mol. The Hall–Kier alpha value is -1.55. The van der Waals surface area contributed by atoms with Crippen LogP contribution >= 0.6 is 0 Å². The van der Waals surface area contributed by atoms with Crippen molar-refractivity contribution in [2.45, 2.75) is 46.0 Å². The fraction of sp³-hybridized carbons (Fsp3) is 0.632. The first kappa shape index (κ1) is 17.8. The zero-order valence-electron chi connectivity index (χ0n) is 14.8. The van der Waals surface area contributed by atoms with Gasteiger partial charge in [-0.25, -0.2) is 0 Å². The van der Waals surface area contributed by atoms with Crippen molar-refractivity contribution in [3.8, 4) is 5.75 Å². The molecule has 1 aliphatic heterocycles.